The van der Waals surface area contributed by atoms with Crippen LogP contribution in [0.1, 0.15) is 74.5 Å². The van der Waals surface area contributed by atoms with Crippen LogP contribution in [-0.2, 0) is 22.4 Å². The first-order valence-electron chi connectivity index (χ1n) is 13.0. The number of rotatable bonds is 8. The lowest BCUT2D eigenvalue weighted by Crippen LogP contribution is -2.30. The SMILES string of the molecule is CCOC(=O)c1c(NC(=O)c2ccc(O[C@@H](C)C(=O)Nc3c(C)cc(C)cc3C)cc2)sc2c1CCCC2. The minimum atomic E-state index is -0.737. The first kappa shape index (κ1) is 27.4. The third-order valence-corrected chi connectivity index (χ3v) is 7.81. The molecule has 38 heavy (non-hydrogen) atoms. The molecule has 0 spiro atoms. The number of carbonyl (C=O) groups is 3. The number of nitrogens with one attached hydrogen (secondary N) is 2. The Hall–Kier alpha value is -3.65. The second-order valence-electron chi connectivity index (χ2n) is 9.64. The van der Waals surface area contributed by atoms with Crippen LogP contribution in [0.25, 0.3) is 0 Å². The van der Waals surface area contributed by atoms with Gasteiger partial charge in [0.25, 0.3) is 11.8 Å². The maximum atomic E-state index is 13.0. The Morgan fingerprint density at radius 1 is 0.974 bits per heavy atom. The van der Waals surface area contributed by atoms with Gasteiger partial charge in [0, 0.05) is 16.1 Å². The second-order valence-corrected chi connectivity index (χ2v) is 10.7. The molecule has 200 valence electrons. The fourth-order valence-electron chi connectivity index (χ4n) is 4.79. The molecule has 0 fully saturated rings. The van der Waals surface area contributed by atoms with E-state index in [9.17, 15) is 14.4 Å². The quantitative estimate of drug-likeness (QED) is 0.327. The molecule has 0 bridgehead atoms. The number of ether oxygens (including phenoxy) is 2. The predicted molar refractivity (Wildman–Crippen MR) is 151 cm³/mol. The zero-order valence-corrected chi connectivity index (χ0v) is 23.3. The van der Waals surface area contributed by atoms with Crippen LogP contribution in [-0.4, -0.2) is 30.5 Å². The van der Waals surface area contributed by atoms with Crippen molar-refractivity contribution in [3.05, 3.63) is 74.7 Å². The molecule has 0 unspecified atom stereocenters. The number of aryl methyl sites for hydroxylation is 4. The van der Waals surface area contributed by atoms with E-state index in [1.54, 1.807) is 38.1 Å². The van der Waals surface area contributed by atoms with Crippen molar-refractivity contribution in [2.24, 2.45) is 0 Å². The van der Waals surface area contributed by atoms with Crippen LogP contribution in [0.2, 0.25) is 0 Å². The summed E-state index contributed by atoms with van der Waals surface area (Å²) in [5.41, 5.74) is 5.83. The van der Waals surface area contributed by atoms with Crippen LogP contribution in [0.4, 0.5) is 10.7 Å². The van der Waals surface area contributed by atoms with Gasteiger partial charge in [0.05, 0.1) is 12.2 Å². The Balaban J connectivity index is 1.42. The highest BCUT2D eigenvalue weighted by Crippen LogP contribution is 2.39. The number of amides is 2. The van der Waals surface area contributed by atoms with Crippen LogP contribution in [0.15, 0.2) is 36.4 Å². The largest absolute Gasteiger partial charge is 0.481 e. The number of benzene rings is 2. The number of hydrogen-bond acceptors (Lipinski definition) is 6. The highest BCUT2D eigenvalue weighted by molar-refractivity contribution is 7.17. The van der Waals surface area contributed by atoms with Gasteiger partial charge in [0.1, 0.15) is 10.8 Å². The Kier molecular flexibility index (Phi) is 8.52. The molecule has 2 amide bonds. The van der Waals surface area contributed by atoms with Crippen LogP contribution in [0.3, 0.4) is 0 Å². The number of anilines is 2. The molecule has 2 aromatic carbocycles. The summed E-state index contributed by atoms with van der Waals surface area (Å²) in [6.07, 6.45) is 3.08. The van der Waals surface area contributed by atoms with Gasteiger partial charge in [0.2, 0.25) is 0 Å². The first-order valence-corrected chi connectivity index (χ1v) is 13.8. The molecule has 1 atom stereocenters. The van der Waals surface area contributed by atoms with Gasteiger partial charge in [-0.3, -0.25) is 9.59 Å². The fourth-order valence-corrected chi connectivity index (χ4v) is 6.07. The molecule has 1 heterocycles. The zero-order valence-electron chi connectivity index (χ0n) is 22.5. The molecule has 7 nitrogen and oxygen atoms in total. The number of hydrogen-bond donors (Lipinski definition) is 2. The maximum absolute atomic E-state index is 13.0. The molecule has 1 aromatic heterocycles. The number of esters is 1. The lowest BCUT2D eigenvalue weighted by Gasteiger charge is -2.18. The number of carbonyl (C=O) groups excluding carboxylic acids is 3. The Morgan fingerprint density at radius 3 is 2.29 bits per heavy atom. The fraction of sp³-hybridized carbons (Fsp3) is 0.367. The number of fused-ring (bicyclic) bond motifs is 1. The summed E-state index contributed by atoms with van der Waals surface area (Å²) in [7, 11) is 0. The molecule has 1 aliphatic rings. The number of thiophene rings is 1. The van der Waals surface area contributed by atoms with Crippen molar-refractivity contribution in [3.63, 3.8) is 0 Å². The Morgan fingerprint density at radius 2 is 1.63 bits per heavy atom. The van der Waals surface area contributed by atoms with Gasteiger partial charge >= 0.3 is 5.97 Å². The van der Waals surface area contributed by atoms with Gasteiger partial charge in [-0.1, -0.05) is 17.7 Å². The van der Waals surface area contributed by atoms with E-state index < -0.39 is 12.1 Å². The minimum Gasteiger partial charge on any atom is -0.481 e. The molecule has 4 rings (SSSR count). The monoisotopic (exact) mass is 534 g/mol. The van der Waals surface area contributed by atoms with E-state index in [4.69, 9.17) is 9.47 Å². The van der Waals surface area contributed by atoms with Crippen LogP contribution in [0, 0.1) is 20.8 Å². The Bertz CT molecular complexity index is 1340. The molecule has 8 heteroatoms. The highest BCUT2D eigenvalue weighted by Gasteiger charge is 2.27. The van der Waals surface area contributed by atoms with Gasteiger partial charge in [-0.2, -0.15) is 0 Å². The van der Waals surface area contributed by atoms with E-state index in [-0.39, 0.29) is 18.4 Å². The van der Waals surface area contributed by atoms with E-state index in [0.717, 1.165) is 58.5 Å². The van der Waals surface area contributed by atoms with Crippen LogP contribution < -0.4 is 15.4 Å². The summed E-state index contributed by atoms with van der Waals surface area (Å²) in [5.74, 6) is -0.499. The zero-order chi connectivity index (χ0) is 27.4. The van der Waals surface area contributed by atoms with E-state index in [1.165, 1.54) is 11.3 Å². The molecule has 3 aromatic rings. The molecule has 2 N–H and O–H groups in total. The summed E-state index contributed by atoms with van der Waals surface area (Å²) in [4.78, 5) is 39.6. The van der Waals surface area contributed by atoms with Gasteiger partial charge < -0.3 is 20.1 Å². The lowest BCUT2D eigenvalue weighted by atomic mass is 9.95. The van der Waals surface area contributed by atoms with Crippen molar-refractivity contribution >= 4 is 39.8 Å². The molecule has 0 saturated carbocycles. The van der Waals surface area contributed by atoms with Crippen molar-refractivity contribution in [2.45, 2.75) is 66.4 Å². The summed E-state index contributed by atoms with van der Waals surface area (Å²) in [6, 6.07) is 10.7. The lowest BCUT2D eigenvalue weighted by molar-refractivity contribution is -0.122. The summed E-state index contributed by atoms with van der Waals surface area (Å²) < 4.78 is 11.1. The third kappa shape index (κ3) is 6.07. The summed E-state index contributed by atoms with van der Waals surface area (Å²) in [5, 5.41) is 6.41. The highest BCUT2D eigenvalue weighted by atomic mass is 32.1. The van der Waals surface area contributed by atoms with Crippen molar-refractivity contribution < 1.29 is 23.9 Å². The van der Waals surface area contributed by atoms with Crippen LogP contribution in [0.5, 0.6) is 5.75 Å². The van der Waals surface area contributed by atoms with Crippen molar-refractivity contribution in [3.8, 4) is 5.75 Å². The average molecular weight is 535 g/mol. The van der Waals surface area contributed by atoms with E-state index >= 15 is 0 Å². The second kappa shape index (κ2) is 11.8. The topological polar surface area (TPSA) is 93.7 Å². The summed E-state index contributed by atoms with van der Waals surface area (Å²) >= 11 is 1.46. The normalized spacial score (nSPS) is 13.3. The molecular formula is C30H34N2O5S. The van der Waals surface area contributed by atoms with Gasteiger partial charge in [0.15, 0.2) is 6.10 Å². The minimum absolute atomic E-state index is 0.255. The average Bonchev–Trinajstić information content (AvgIpc) is 3.24. The third-order valence-electron chi connectivity index (χ3n) is 6.60. The van der Waals surface area contributed by atoms with Gasteiger partial charge in [-0.15, -0.1) is 11.3 Å². The molecule has 0 aliphatic heterocycles. The molecule has 1 aliphatic carbocycles. The molecule has 0 radical (unpaired) electrons. The standard InChI is InChI=1S/C30H34N2O5S/c1-6-36-30(35)25-23-9-7-8-10-24(23)38-29(25)32-28(34)21-11-13-22(14-12-21)37-20(5)27(33)31-26-18(3)15-17(2)16-19(26)4/h11-16,20H,6-10H2,1-5H3,(H,31,33)(H,32,34)/t20-/m0/s1. The Labute approximate surface area is 227 Å². The summed E-state index contributed by atoms with van der Waals surface area (Å²) in [6.45, 7) is 9.68. The van der Waals surface area contributed by atoms with E-state index in [0.29, 0.717) is 21.9 Å². The van der Waals surface area contributed by atoms with E-state index in [2.05, 4.69) is 10.6 Å². The first-order chi connectivity index (χ1) is 18.2. The molecule has 0 saturated heterocycles. The smallest absolute Gasteiger partial charge is 0.341 e. The van der Waals surface area contributed by atoms with Crippen molar-refractivity contribution in [1.29, 1.82) is 0 Å². The maximum Gasteiger partial charge on any atom is 0.341 e. The van der Waals surface area contributed by atoms with E-state index in [1.807, 2.05) is 32.9 Å². The molecular weight excluding hydrogens is 500 g/mol. The predicted octanol–water partition coefficient (Wildman–Crippen LogP) is 6.39. The van der Waals surface area contributed by atoms with Crippen molar-refractivity contribution in [2.75, 3.05) is 17.2 Å². The van der Waals surface area contributed by atoms with Gasteiger partial charge in [-0.05, 0) is 101 Å². The van der Waals surface area contributed by atoms with Crippen LogP contribution >= 0.6 is 11.3 Å². The van der Waals surface area contributed by atoms with Crippen molar-refractivity contribution in [1.82, 2.24) is 0 Å². The van der Waals surface area contributed by atoms with Gasteiger partial charge in [-0.25, -0.2) is 4.79 Å².